The molecule has 1 N–H and O–H groups in total. The first-order valence-corrected chi connectivity index (χ1v) is 9.80. The molecule has 4 aromatic rings. The topological polar surface area (TPSA) is 69.0 Å². The molecule has 0 aliphatic carbocycles. The highest BCUT2D eigenvalue weighted by Gasteiger charge is 2.16. The number of benzene rings is 2. The number of fused-ring (bicyclic) bond motifs is 1. The van der Waals surface area contributed by atoms with Gasteiger partial charge in [-0.25, -0.2) is 4.98 Å². The number of rotatable bonds is 6. The number of aryl methyl sites for hydroxylation is 1. The van der Waals surface area contributed by atoms with Gasteiger partial charge in [0.05, 0.1) is 28.0 Å². The van der Waals surface area contributed by atoms with E-state index in [1.54, 1.807) is 16.9 Å². The molecule has 0 spiro atoms. The number of hydrogen-bond donors (Lipinski definition) is 1. The SMILES string of the molecule is CCn1cc(-c2cc(C(=O)Nc3ccc(OC(F)F)c(Cl)c3)c3ccccc3n2)cn1. The second-order valence-corrected chi connectivity index (χ2v) is 7.04. The average molecular weight is 443 g/mol. The van der Waals surface area contributed by atoms with Gasteiger partial charge in [-0.1, -0.05) is 29.8 Å². The van der Waals surface area contributed by atoms with Crippen LogP contribution in [0.1, 0.15) is 17.3 Å². The van der Waals surface area contributed by atoms with Gasteiger partial charge in [-0.3, -0.25) is 9.48 Å². The zero-order valence-corrected chi connectivity index (χ0v) is 17.1. The van der Waals surface area contributed by atoms with E-state index in [-0.39, 0.29) is 16.7 Å². The molecular formula is C22H17ClF2N4O2. The summed E-state index contributed by atoms with van der Waals surface area (Å²) >= 11 is 5.99. The Kier molecular flexibility index (Phi) is 5.81. The summed E-state index contributed by atoms with van der Waals surface area (Å²) in [6.07, 6.45) is 3.56. The number of nitrogens with one attached hydrogen (secondary N) is 1. The molecule has 0 atom stereocenters. The number of hydrogen-bond acceptors (Lipinski definition) is 4. The number of amides is 1. The molecule has 0 radical (unpaired) electrons. The molecule has 0 aliphatic rings. The molecule has 0 saturated heterocycles. The lowest BCUT2D eigenvalue weighted by atomic mass is 10.0. The third-order valence-corrected chi connectivity index (χ3v) is 4.91. The summed E-state index contributed by atoms with van der Waals surface area (Å²) in [6, 6.07) is 13.1. The maximum Gasteiger partial charge on any atom is 0.387 e. The highest BCUT2D eigenvalue weighted by Crippen LogP contribution is 2.30. The van der Waals surface area contributed by atoms with E-state index in [0.29, 0.717) is 34.4 Å². The molecule has 4 rings (SSSR count). The van der Waals surface area contributed by atoms with Crippen molar-refractivity contribution in [3.8, 4) is 17.0 Å². The van der Waals surface area contributed by atoms with Gasteiger partial charge in [0.25, 0.3) is 5.91 Å². The van der Waals surface area contributed by atoms with E-state index in [4.69, 9.17) is 11.6 Å². The van der Waals surface area contributed by atoms with Crippen molar-refractivity contribution in [1.82, 2.24) is 14.8 Å². The number of anilines is 1. The number of halogens is 3. The summed E-state index contributed by atoms with van der Waals surface area (Å²) < 4.78 is 30.9. The van der Waals surface area contributed by atoms with Crippen LogP contribution in [0.25, 0.3) is 22.2 Å². The number of nitrogens with zero attached hydrogens (tertiary/aromatic N) is 3. The Morgan fingerprint density at radius 1 is 1.23 bits per heavy atom. The van der Waals surface area contributed by atoms with Crippen molar-refractivity contribution in [2.24, 2.45) is 0 Å². The number of para-hydroxylation sites is 1. The Hall–Kier alpha value is -3.52. The van der Waals surface area contributed by atoms with Crippen LogP contribution in [0.4, 0.5) is 14.5 Å². The first-order valence-electron chi connectivity index (χ1n) is 9.43. The van der Waals surface area contributed by atoms with Gasteiger partial charge >= 0.3 is 6.61 Å². The highest BCUT2D eigenvalue weighted by atomic mass is 35.5. The minimum Gasteiger partial charge on any atom is -0.433 e. The predicted octanol–water partition coefficient (Wildman–Crippen LogP) is 5.63. The quantitative estimate of drug-likeness (QED) is 0.420. The summed E-state index contributed by atoms with van der Waals surface area (Å²) in [5.41, 5.74) is 2.82. The van der Waals surface area contributed by atoms with Crippen LogP contribution in [-0.2, 0) is 6.54 Å². The van der Waals surface area contributed by atoms with Crippen molar-refractivity contribution in [3.63, 3.8) is 0 Å². The molecule has 0 bridgehead atoms. The van der Waals surface area contributed by atoms with E-state index >= 15 is 0 Å². The minimum absolute atomic E-state index is 0.0367. The fourth-order valence-electron chi connectivity index (χ4n) is 3.15. The lowest BCUT2D eigenvalue weighted by molar-refractivity contribution is -0.0497. The Bertz CT molecular complexity index is 1260. The van der Waals surface area contributed by atoms with Crippen LogP contribution >= 0.6 is 11.6 Å². The van der Waals surface area contributed by atoms with Gasteiger partial charge in [0.15, 0.2) is 0 Å². The number of carbonyl (C=O) groups excluding carboxylic acids is 1. The number of aromatic nitrogens is 3. The van der Waals surface area contributed by atoms with Gasteiger partial charge < -0.3 is 10.1 Å². The summed E-state index contributed by atoms with van der Waals surface area (Å²) in [7, 11) is 0. The van der Waals surface area contributed by atoms with E-state index in [2.05, 4.69) is 20.1 Å². The van der Waals surface area contributed by atoms with Crippen molar-refractivity contribution in [1.29, 1.82) is 0 Å². The monoisotopic (exact) mass is 442 g/mol. The van der Waals surface area contributed by atoms with Gasteiger partial charge in [-0.05, 0) is 37.3 Å². The molecule has 0 saturated carbocycles. The van der Waals surface area contributed by atoms with Crippen LogP contribution in [-0.4, -0.2) is 27.3 Å². The van der Waals surface area contributed by atoms with Crippen molar-refractivity contribution in [2.75, 3.05) is 5.32 Å². The number of alkyl halides is 2. The van der Waals surface area contributed by atoms with Crippen LogP contribution in [0.5, 0.6) is 5.75 Å². The minimum atomic E-state index is -2.99. The van der Waals surface area contributed by atoms with Crippen molar-refractivity contribution >= 4 is 34.1 Å². The van der Waals surface area contributed by atoms with Gasteiger partial charge in [0.1, 0.15) is 5.75 Å². The van der Waals surface area contributed by atoms with Crippen molar-refractivity contribution in [2.45, 2.75) is 20.1 Å². The third kappa shape index (κ3) is 4.49. The fourth-order valence-corrected chi connectivity index (χ4v) is 3.37. The maximum absolute atomic E-state index is 13.1. The summed E-state index contributed by atoms with van der Waals surface area (Å²) in [6.45, 7) is -0.296. The molecule has 0 unspecified atom stereocenters. The molecule has 2 aromatic carbocycles. The summed E-state index contributed by atoms with van der Waals surface area (Å²) in [5.74, 6) is -0.555. The lowest BCUT2D eigenvalue weighted by Gasteiger charge is -2.12. The molecule has 9 heteroatoms. The van der Waals surface area contributed by atoms with E-state index in [1.165, 1.54) is 18.2 Å². The Balaban J connectivity index is 1.69. The van der Waals surface area contributed by atoms with Gasteiger partial charge in [-0.15, -0.1) is 0 Å². The Morgan fingerprint density at radius 3 is 2.74 bits per heavy atom. The first-order chi connectivity index (χ1) is 14.9. The van der Waals surface area contributed by atoms with E-state index in [0.717, 1.165) is 5.56 Å². The van der Waals surface area contributed by atoms with Gasteiger partial charge in [0.2, 0.25) is 0 Å². The highest BCUT2D eigenvalue weighted by molar-refractivity contribution is 6.32. The normalized spacial score (nSPS) is 11.1. The molecule has 1 amide bonds. The third-order valence-electron chi connectivity index (χ3n) is 4.62. The van der Waals surface area contributed by atoms with Crippen molar-refractivity contribution in [3.05, 3.63) is 71.5 Å². The molecule has 2 heterocycles. The number of pyridine rings is 1. The largest absolute Gasteiger partial charge is 0.433 e. The van der Waals surface area contributed by atoms with Crippen LogP contribution in [0.3, 0.4) is 0 Å². The smallest absolute Gasteiger partial charge is 0.387 e. The van der Waals surface area contributed by atoms with Crippen LogP contribution in [0, 0.1) is 0 Å². The molecule has 0 fully saturated rings. The summed E-state index contributed by atoms with van der Waals surface area (Å²) in [4.78, 5) is 17.7. The first kappa shape index (κ1) is 20.7. The number of carbonyl (C=O) groups is 1. The second-order valence-electron chi connectivity index (χ2n) is 6.63. The Morgan fingerprint density at radius 2 is 2.03 bits per heavy atom. The van der Waals surface area contributed by atoms with E-state index in [1.807, 2.05) is 37.4 Å². The van der Waals surface area contributed by atoms with Gasteiger partial charge in [-0.2, -0.15) is 13.9 Å². The van der Waals surface area contributed by atoms with Crippen molar-refractivity contribution < 1.29 is 18.3 Å². The molecular weight excluding hydrogens is 426 g/mol. The van der Waals surface area contributed by atoms with Crippen LogP contribution < -0.4 is 10.1 Å². The van der Waals surface area contributed by atoms with E-state index in [9.17, 15) is 13.6 Å². The molecule has 31 heavy (non-hydrogen) atoms. The zero-order valence-electron chi connectivity index (χ0n) is 16.3. The maximum atomic E-state index is 13.1. The van der Waals surface area contributed by atoms with Crippen LogP contribution in [0.15, 0.2) is 60.9 Å². The predicted molar refractivity (Wildman–Crippen MR) is 115 cm³/mol. The van der Waals surface area contributed by atoms with E-state index < -0.39 is 6.61 Å². The lowest BCUT2D eigenvalue weighted by Crippen LogP contribution is -2.13. The molecule has 0 aliphatic heterocycles. The summed E-state index contributed by atoms with van der Waals surface area (Å²) in [5, 5.41) is 7.66. The zero-order chi connectivity index (χ0) is 22.0. The van der Waals surface area contributed by atoms with Gasteiger partial charge in [0, 0.05) is 29.4 Å². The Labute approximate surface area is 181 Å². The average Bonchev–Trinajstić information content (AvgIpc) is 3.24. The molecule has 2 aromatic heterocycles. The molecule has 6 nitrogen and oxygen atoms in total. The van der Waals surface area contributed by atoms with Crippen LogP contribution in [0.2, 0.25) is 5.02 Å². The standard InChI is InChI=1S/C22H17ClF2N4O2/c1-2-29-12-13(11-26-29)19-10-16(15-5-3-4-6-18(15)28-19)21(30)27-14-7-8-20(17(23)9-14)31-22(24)25/h3-12,22H,2H2,1H3,(H,27,30). The second kappa shape index (κ2) is 8.69. The molecule has 158 valence electrons. The fraction of sp³-hybridized carbons (Fsp3) is 0.136. The number of ether oxygens (including phenoxy) is 1.